The molecule has 1 aliphatic rings. The number of para-hydroxylation sites is 2. The largest absolute Gasteiger partial charge is 0.495 e. The van der Waals surface area contributed by atoms with E-state index in [0.717, 1.165) is 5.56 Å². The third kappa shape index (κ3) is 4.08. The van der Waals surface area contributed by atoms with E-state index in [2.05, 4.69) is 5.32 Å². The number of ether oxygens (including phenoxy) is 1. The van der Waals surface area contributed by atoms with Gasteiger partial charge in [0.05, 0.1) is 12.8 Å². The summed E-state index contributed by atoms with van der Waals surface area (Å²) in [5.74, 6) is -0.659. The van der Waals surface area contributed by atoms with Crippen LogP contribution in [0.4, 0.5) is 5.69 Å². The van der Waals surface area contributed by atoms with E-state index >= 15 is 0 Å². The number of carbonyl (C=O) groups excluding carboxylic acids is 3. The van der Waals surface area contributed by atoms with Crippen molar-refractivity contribution in [1.29, 1.82) is 0 Å². The number of rotatable bonds is 5. The van der Waals surface area contributed by atoms with Crippen LogP contribution in [0.15, 0.2) is 48.5 Å². The molecule has 2 aromatic carbocycles. The Kier molecular flexibility index (Phi) is 5.40. The summed E-state index contributed by atoms with van der Waals surface area (Å²) in [6, 6.07) is 14.1. The fraction of sp³-hybridized carbons (Fsp3) is 0.250. The van der Waals surface area contributed by atoms with Crippen LogP contribution < -0.4 is 10.1 Å². The molecule has 7 nitrogen and oxygen atoms in total. The van der Waals surface area contributed by atoms with Crippen LogP contribution in [-0.4, -0.2) is 54.8 Å². The van der Waals surface area contributed by atoms with Crippen LogP contribution >= 0.6 is 0 Å². The first-order valence-corrected chi connectivity index (χ1v) is 8.57. The number of methoxy groups -OCH3 is 1. The molecular formula is C20H21N3O4. The van der Waals surface area contributed by atoms with Crippen LogP contribution in [0, 0.1) is 0 Å². The summed E-state index contributed by atoms with van der Waals surface area (Å²) in [4.78, 5) is 39.2. The third-order valence-corrected chi connectivity index (χ3v) is 4.47. The molecule has 2 aromatic rings. The number of piperazine rings is 1. The molecular weight excluding hydrogens is 346 g/mol. The van der Waals surface area contributed by atoms with Gasteiger partial charge in [-0.3, -0.25) is 14.4 Å². The number of carbonyl (C=O) groups is 3. The van der Waals surface area contributed by atoms with Gasteiger partial charge in [-0.2, -0.15) is 0 Å². The second-order valence-electron chi connectivity index (χ2n) is 6.30. The van der Waals surface area contributed by atoms with Crippen LogP contribution in [0.2, 0.25) is 0 Å². The van der Waals surface area contributed by atoms with Crippen molar-refractivity contribution < 1.29 is 19.1 Å². The molecule has 0 aliphatic carbocycles. The van der Waals surface area contributed by atoms with Gasteiger partial charge in [0.25, 0.3) is 5.91 Å². The molecule has 0 aromatic heterocycles. The Morgan fingerprint density at radius 1 is 1.04 bits per heavy atom. The van der Waals surface area contributed by atoms with Crippen molar-refractivity contribution in [2.24, 2.45) is 0 Å². The van der Waals surface area contributed by atoms with Crippen molar-refractivity contribution in [3.05, 3.63) is 59.7 Å². The standard InChI is InChI=1S/C20H21N3O4/c1-22-11-12-23(20(26)19(22)25)13-14-7-9-15(10-8-14)18(24)21-16-5-3-4-6-17(16)27-2/h3-10H,11-13H2,1-2H3,(H,21,24). The van der Waals surface area contributed by atoms with Gasteiger partial charge in [-0.15, -0.1) is 0 Å². The van der Waals surface area contributed by atoms with Crippen molar-refractivity contribution in [3.63, 3.8) is 0 Å². The summed E-state index contributed by atoms with van der Waals surface area (Å²) in [5.41, 5.74) is 1.94. The van der Waals surface area contributed by atoms with Gasteiger partial charge in [-0.05, 0) is 29.8 Å². The molecule has 7 heteroatoms. The number of nitrogens with one attached hydrogen (secondary N) is 1. The lowest BCUT2D eigenvalue weighted by Crippen LogP contribution is -2.52. The minimum absolute atomic E-state index is 0.253. The lowest BCUT2D eigenvalue weighted by atomic mass is 10.1. The zero-order valence-corrected chi connectivity index (χ0v) is 15.3. The highest BCUT2D eigenvalue weighted by atomic mass is 16.5. The van der Waals surface area contributed by atoms with E-state index in [4.69, 9.17) is 4.74 Å². The number of nitrogens with zero attached hydrogens (tertiary/aromatic N) is 2. The number of amides is 3. The normalized spacial score (nSPS) is 14.3. The zero-order chi connectivity index (χ0) is 19.4. The molecule has 27 heavy (non-hydrogen) atoms. The van der Waals surface area contributed by atoms with E-state index in [1.54, 1.807) is 50.6 Å². The summed E-state index contributed by atoms with van der Waals surface area (Å²) in [6.07, 6.45) is 0. The van der Waals surface area contributed by atoms with E-state index in [9.17, 15) is 14.4 Å². The van der Waals surface area contributed by atoms with E-state index in [-0.39, 0.29) is 5.91 Å². The second kappa shape index (κ2) is 7.90. The molecule has 3 rings (SSSR count). The maximum atomic E-state index is 12.4. The summed E-state index contributed by atoms with van der Waals surface area (Å²) in [7, 11) is 3.16. The van der Waals surface area contributed by atoms with Crippen LogP contribution in [0.5, 0.6) is 5.75 Å². The number of likely N-dealkylation sites (N-methyl/N-ethyl adjacent to an activating group) is 1. The Bertz CT molecular complexity index is 864. The number of anilines is 1. The summed E-state index contributed by atoms with van der Waals surface area (Å²) < 4.78 is 5.23. The lowest BCUT2D eigenvalue weighted by Gasteiger charge is -2.31. The SMILES string of the molecule is COc1ccccc1NC(=O)c1ccc(CN2CCN(C)C(=O)C2=O)cc1. The van der Waals surface area contributed by atoms with Crippen LogP contribution in [0.3, 0.4) is 0 Å². The maximum absolute atomic E-state index is 12.4. The Hall–Kier alpha value is -3.35. The average Bonchev–Trinajstić information content (AvgIpc) is 2.69. The highest BCUT2D eigenvalue weighted by Gasteiger charge is 2.30. The molecule has 3 amide bonds. The van der Waals surface area contributed by atoms with Crippen molar-refractivity contribution in [1.82, 2.24) is 9.80 Å². The van der Waals surface area contributed by atoms with Crippen LogP contribution in [0.25, 0.3) is 0 Å². The number of hydrogen-bond donors (Lipinski definition) is 1. The van der Waals surface area contributed by atoms with Crippen molar-refractivity contribution in [2.45, 2.75) is 6.54 Å². The van der Waals surface area contributed by atoms with E-state index in [0.29, 0.717) is 36.6 Å². The summed E-state index contributed by atoms with van der Waals surface area (Å²) in [5, 5.41) is 2.82. The van der Waals surface area contributed by atoms with Gasteiger partial charge < -0.3 is 19.9 Å². The Labute approximate surface area is 157 Å². The lowest BCUT2D eigenvalue weighted by molar-refractivity contribution is -0.155. The number of benzene rings is 2. The van der Waals surface area contributed by atoms with E-state index in [1.807, 2.05) is 12.1 Å². The van der Waals surface area contributed by atoms with Gasteiger partial charge in [-0.1, -0.05) is 24.3 Å². The number of hydrogen-bond acceptors (Lipinski definition) is 4. The van der Waals surface area contributed by atoms with E-state index < -0.39 is 11.8 Å². The van der Waals surface area contributed by atoms with Gasteiger partial charge in [0.2, 0.25) is 0 Å². The summed E-state index contributed by atoms with van der Waals surface area (Å²) >= 11 is 0. The highest BCUT2D eigenvalue weighted by Crippen LogP contribution is 2.23. The maximum Gasteiger partial charge on any atom is 0.312 e. The molecule has 0 radical (unpaired) electrons. The van der Waals surface area contributed by atoms with E-state index in [1.165, 1.54) is 9.80 Å². The fourth-order valence-corrected chi connectivity index (χ4v) is 2.85. The van der Waals surface area contributed by atoms with Gasteiger partial charge in [0.1, 0.15) is 5.75 Å². The van der Waals surface area contributed by atoms with Crippen LogP contribution in [0.1, 0.15) is 15.9 Å². The molecule has 1 heterocycles. The Morgan fingerprint density at radius 2 is 1.74 bits per heavy atom. The summed E-state index contributed by atoms with van der Waals surface area (Å²) in [6.45, 7) is 1.36. The molecule has 0 bridgehead atoms. The van der Waals surface area contributed by atoms with Crippen molar-refractivity contribution in [2.75, 3.05) is 32.6 Å². The van der Waals surface area contributed by atoms with Gasteiger partial charge in [0.15, 0.2) is 0 Å². The zero-order valence-electron chi connectivity index (χ0n) is 15.3. The molecule has 1 fully saturated rings. The molecule has 1 aliphatic heterocycles. The molecule has 140 valence electrons. The highest BCUT2D eigenvalue weighted by molar-refractivity contribution is 6.35. The first-order valence-electron chi connectivity index (χ1n) is 8.57. The fourth-order valence-electron chi connectivity index (χ4n) is 2.85. The Balaban J connectivity index is 1.65. The monoisotopic (exact) mass is 367 g/mol. The third-order valence-electron chi connectivity index (χ3n) is 4.47. The van der Waals surface area contributed by atoms with Crippen LogP contribution in [-0.2, 0) is 16.1 Å². The molecule has 1 N–H and O–H groups in total. The topological polar surface area (TPSA) is 79.0 Å². The molecule has 0 spiro atoms. The predicted octanol–water partition coefficient (Wildman–Crippen LogP) is 1.75. The molecule has 1 saturated heterocycles. The van der Waals surface area contributed by atoms with Gasteiger partial charge >= 0.3 is 11.8 Å². The van der Waals surface area contributed by atoms with Crippen molar-refractivity contribution in [3.8, 4) is 5.75 Å². The van der Waals surface area contributed by atoms with Crippen molar-refractivity contribution >= 4 is 23.4 Å². The molecule has 0 saturated carbocycles. The quantitative estimate of drug-likeness (QED) is 0.817. The first-order chi connectivity index (χ1) is 13.0. The van der Waals surface area contributed by atoms with Gasteiger partial charge in [-0.25, -0.2) is 0 Å². The predicted molar refractivity (Wildman–Crippen MR) is 100 cm³/mol. The minimum Gasteiger partial charge on any atom is -0.495 e. The second-order valence-corrected chi connectivity index (χ2v) is 6.30. The smallest absolute Gasteiger partial charge is 0.312 e. The molecule has 0 unspecified atom stereocenters. The first kappa shape index (κ1) is 18.4. The Morgan fingerprint density at radius 3 is 2.44 bits per heavy atom. The minimum atomic E-state index is -0.498. The van der Waals surface area contributed by atoms with Gasteiger partial charge in [0, 0.05) is 32.2 Å². The average molecular weight is 367 g/mol. The molecule has 0 atom stereocenters.